The van der Waals surface area contributed by atoms with Gasteiger partial charge in [-0.2, -0.15) is 0 Å². The molecule has 1 heteroatoms. The third-order valence-electron chi connectivity index (χ3n) is 1.19. The maximum atomic E-state index is 9.95. The fourth-order valence-corrected chi connectivity index (χ4v) is 0.663. The van der Waals surface area contributed by atoms with Gasteiger partial charge in [0.1, 0.15) is 0 Å². The van der Waals surface area contributed by atoms with Crippen molar-refractivity contribution >= 4 is 0 Å². The van der Waals surface area contributed by atoms with Gasteiger partial charge in [0.25, 0.3) is 0 Å². The van der Waals surface area contributed by atoms with Crippen LogP contribution in [0.15, 0.2) is 24.3 Å². The van der Waals surface area contributed by atoms with Crippen LogP contribution in [0.3, 0.4) is 0 Å². The molecule has 57 valence electrons. The Labute approximate surface area is 63.1 Å². The Morgan fingerprint density at radius 2 is 1.60 bits per heavy atom. The van der Waals surface area contributed by atoms with E-state index in [0.717, 1.165) is 12.8 Å². The lowest BCUT2D eigenvalue weighted by Crippen LogP contribution is -1.72. The van der Waals surface area contributed by atoms with E-state index < -0.39 is 0 Å². The number of unbranched alkanes of at least 4 members (excludes halogenated alkanes) is 1. The molecule has 0 atom stereocenters. The zero-order valence-corrected chi connectivity index (χ0v) is 6.55. The second-order valence-corrected chi connectivity index (χ2v) is 2.11. The Balaban J connectivity index is 3.02. The third kappa shape index (κ3) is 7.44. The highest BCUT2D eigenvalue weighted by Crippen LogP contribution is 1.93. The van der Waals surface area contributed by atoms with Gasteiger partial charge in [-0.3, -0.25) is 0 Å². The zero-order valence-electron chi connectivity index (χ0n) is 6.55. The number of hydrogen-bond acceptors (Lipinski definition) is 0. The van der Waals surface area contributed by atoms with Crippen molar-refractivity contribution in [3.63, 3.8) is 0 Å². The quantitative estimate of drug-likeness (QED) is 0.412. The normalized spacial score (nSPS) is 11.8. The first-order chi connectivity index (χ1) is 4.91. The van der Waals surface area contributed by atoms with Gasteiger partial charge in [-0.05, 0) is 26.2 Å². The van der Waals surface area contributed by atoms with Crippen molar-refractivity contribution in [2.24, 2.45) is 0 Å². The lowest BCUT2D eigenvalue weighted by atomic mass is 10.2. The molecule has 0 spiro atoms. The minimum atomic E-state index is 0.0140. The summed E-state index contributed by atoms with van der Waals surface area (Å²) < 4.78 is 0. The van der Waals surface area contributed by atoms with Crippen LogP contribution in [0, 0.1) is 0 Å². The molecule has 0 aliphatic carbocycles. The van der Waals surface area contributed by atoms with Crippen LogP contribution in [0.4, 0.5) is 0 Å². The van der Waals surface area contributed by atoms with Gasteiger partial charge in [-0.15, -0.1) is 0 Å². The van der Waals surface area contributed by atoms with Crippen LogP contribution in [0.2, 0.25) is 0 Å². The predicted octanol–water partition coefficient (Wildman–Crippen LogP) is 2.72. The maximum Gasteiger partial charge on any atom is 0.0856 e. The Kier molecular flexibility index (Phi) is 7.97. The van der Waals surface area contributed by atoms with Crippen LogP contribution >= 0.6 is 0 Å². The molecule has 0 unspecified atom stereocenters. The molecule has 1 nitrogen and oxygen atoms in total. The molecule has 0 saturated heterocycles. The second kappa shape index (κ2) is 8.44. The fraction of sp³-hybridized carbons (Fsp3) is 0.556. The average Bonchev–Trinajstić information content (AvgIpc) is 1.97. The van der Waals surface area contributed by atoms with Crippen molar-refractivity contribution in [2.75, 3.05) is 6.61 Å². The first-order valence-corrected chi connectivity index (χ1v) is 3.76. The van der Waals surface area contributed by atoms with Crippen LogP contribution in [0.1, 0.15) is 26.2 Å². The monoisotopic (exact) mass is 139 g/mol. The van der Waals surface area contributed by atoms with E-state index in [4.69, 9.17) is 0 Å². The molecule has 0 aromatic rings. The van der Waals surface area contributed by atoms with E-state index >= 15 is 0 Å². The molecule has 0 rings (SSSR count). The van der Waals surface area contributed by atoms with E-state index in [0.29, 0.717) is 6.42 Å². The van der Waals surface area contributed by atoms with Gasteiger partial charge in [0.2, 0.25) is 0 Å². The summed E-state index contributed by atoms with van der Waals surface area (Å²) in [5.41, 5.74) is 0. The molecular formula is C9H15O. The van der Waals surface area contributed by atoms with Gasteiger partial charge < -0.3 is 0 Å². The number of allylic oxidation sites excluding steroid dienone is 3. The van der Waals surface area contributed by atoms with Crippen molar-refractivity contribution in [3.05, 3.63) is 24.3 Å². The molecule has 0 heterocycles. The number of hydrogen-bond donors (Lipinski definition) is 0. The Morgan fingerprint density at radius 1 is 1.00 bits per heavy atom. The first-order valence-electron chi connectivity index (χ1n) is 3.76. The minimum absolute atomic E-state index is 0.0140. The molecular weight excluding hydrogens is 124 g/mol. The van der Waals surface area contributed by atoms with E-state index in [1.165, 1.54) is 0 Å². The molecule has 0 amide bonds. The third-order valence-corrected chi connectivity index (χ3v) is 1.19. The van der Waals surface area contributed by atoms with Crippen LogP contribution < -0.4 is 0 Å². The Morgan fingerprint density at radius 3 is 2.20 bits per heavy atom. The summed E-state index contributed by atoms with van der Waals surface area (Å²) in [5.74, 6) is 0. The molecule has 0 fully saturated rings. The molecule has 0 aliphatic heterocycles. The SMILES string of the molecule is C/C=C/CC/C=C/CC[O]. The highest BCUT2D eigenvalue weighted by molar-refractivity contribution is 4.86. The Hall–Kier alpha value is -0.560. The summed E-state index contributed by atoms with van der Waals surface area (Å²) in [4.78, 5) is 0. The van der Waals surface area contributed by atoms with Gasteiger partial charge in [0.15, 0.2) is 0 Å². The van der Waals surface area contributed by atoms with Gasteiger partial charge in [-0.25, -0.2) is 5.11 Å². The summed E-state index contributed by atoms with van der Waals surface area (Å²) >= 11 is 0. The van der Waals surface area contributed by atoms with Crippen molar-refractivity contribution in [1.29, 1.82) is 0 Å². The molecule has 10 heavy (non-hydrogen) atoms. The molecule has 1 radical (unpaired) electrons. The molecule has 0 aliphatic rings. The summed E-state index contributed by atoms with van der Waals surface area (Å²) in [7, 11) is 0. The second-order valence-electron chi connectivity index (χ2n) is 2.11. The lowest BCUT2D eigenvalue weighted by molar-refractivity contribution is 0.199. The van der Waals surface area contributed by atoms with Crippen LogP contribution in [0.5, 0.6) is 0 Å². The minimum Gasteiger partial charge on any atom is -0.236 e. The summed E-state index contributed by atoms with van der Waals surface area (Å²) in [6.07, 6.45) is 11.0. The van der Waals surface area contributed by atoms with E-state index in [2.05, 4.69) is 12.2 Å². The summed E-state index contributed by atoms with van der Waals surface area (Å²) in [6, 6.07) is 0. The van der Waals surface area contributed by atoms with E-state index in [9.17, 15) is 5.11 Å². The highest BCUT2D eigenvalue weighted by Gasteiger charge is 1.76. The van der Waals surface area contributed by atoms with Crippen LogP contribution in [-0.2, 0) is 5.11 Å². The molecule has 0 bridgehead atoms. The summed E-state index contributed by atoms with van der Waals surface area (Å²) in [6.45, 7) is 2.03. The van der Waals surface area contributed by atoms with Crippen molar-refractivity contribution in [1.82, 2.24) is 0 Å². The van der Waals surface area contributed by atoms with Crippen molar-refractivity contribution < 1.29 is 5.11 Å². The molecule has 0 aromatic heterocycles. The van der Waals surface area contributed by atoms with Gasteiger partial charge in [0, 0.05) is 0 Å². The Bertz CT molecular complexity index is 103. The van der Waals surface area contributed by atoms with E-state index in [-0.39, 0.29) is 6.61 Å². The summed E-state index contributed by atoms with van der Waals surface area (Å²) in [5, 5.41) is 9.95. The smallest absolute Gasteiger partial charge is 0.0856 e. The van der Waals surface area contributed by atoms with Crippen LogP contribution in [0.25, 0.3) is 0 Å². The van der Waals surface area contributed by atoms with Crippen molar-refractivity contribution in [3.8, 4) is 0 Å². The van der Waals surface area contributed by atoms with Gasteiger partial charge >= 0.3 is 0 Å². The number of rotatable bonds is 5. The largest absolute Gasteiger partial charge is 0.236 e. The first kappa shape index (κ1) is 9.44. The van der Waals surface area contributed by atoms with Gasteiger partial charge in [0.05, 0.1) is 6.61 Å². The zero-order chi connectivity index (χ0) is 7.66. The lowest BCUT2D eigenvalue weighted by Gasteiger charge is -1.84. The topological polar surface area (TPSA) is 19.9 Å². The maximum absolute atomic E-state index is 9.95. The predicted molar refractivity (Wildman–Crippen MR) is 43.4 cm³/mol. The van der Waals surface area contributed by atoms with E-state index in [1.54, 1.807) is 0 Å². The highest BCUT2D eigenvalue weighted by atomic mass is 16.2. The molecule has 0 aromatic carbocycles. The molecule has 0 N–H and O–H groups in total. The standard InChI is InChI=1S/C9H15O/c1-2-3-4-5-6-7-8-9-10/h2-3,6-7H,4-5,8-9H2,1H3/b3-2+,7-6+. The van der Waals surface area contributed by atoms with Crippen molar-refractivity contribution in [2.45, 2.75) is 26.2 Å². The average molecular weight is 139 g/mol. The van der Waals surface area contributed by atoms with Gasteiger partial charge in [-0.1, -0.05) is 24.3 Å². The van der Waals surface area contributed by atoms with Crippen LogP contribution in [-0.4, -0.2) is 6.61 Å². The fourth-order valence-electron chi connectivity index (χ4n) is 0.663. The van der Waals surface area contributed by atoms with E-state index in [1.807, 2.05) is 19.1 Å². The molecule has 0 saturated carbocycles.